The number of carbonyl (C=O) groups is 1. The number of benzene rings is 1. The molecule has 0 aliphatic carbocycles. The van der Waals surface area contributed by atoms with E-state index in [1.54, 1.807) is 6.07 Å². The van der Waals surface area contributed by atoms with E-state index >= 15 is 0 Å². The van der Waals surface area contributed by atoms with Gasteiger partial charge in [-0.25, -0.2) is 4.39 Å². The number of amides is 1. The van der Waals surface area contributed by atoms with Gasteiger partial charge in [-0.15, -0.1) is 0 Å². The number of rotatable bonds is 4. The van der Waals surface area contributed by atoms with Gasteiger partial charge in [0.1, 0.15) is 6.67 Å². The first-order valence-corrected chi connectivity index (χ1v) is 11.9. The van der Waals surface area contributed by atoms with Crippen LogP contribution in [0.3, 0.4) is 0 Å². The van der Waals surface area contributed by atoms with Gasteiger partial charge in [-0.1, -0.05) is 6.07 Å². The summed E-state index contributed by atoms with van der Waals surface area (Å²) in [6.07, 6.45) is 4.27. The van der Waals surface area contributed by atoms with Gasteiger partial charge in [-0.05, 0) is 48.4 Å². The van der Waals surface area contributed by atoms with Gasteiger partial charge in [0.2, 0.25) is 0 Å². The van der Waals surface area contributed by atoms with E-state index in [9.17, 15) is 9.18 Å². The lowest BCUT2D eigenvalue weighted by Crippen LogP contribution is -2.65. The number of anilines is 2. The van der Waals surface area contributed by atoms with Gasteiger partial charge in [-0.3, -0.25) is 14.8 Å². The molecule has 1 atom stereocenters. The normalized spacial score (nSPS) is 20.1. The summed E-state index contributed by atoms with van der Waals surface area (Å²) >= 11 is 0. The fourth-order valence-corrected chi connectivity index (χ4v) is 5.43. The molecule has 180 valence electrons. The Morgan fingerprint density at radius 1 is 1.20 bits per heavy atom. The molecule has 1 N–H and O–H groups in total. The summed E-state index contributed by atoms with van der Waals surface area (Å²) in [5.41, 5.74) is 6.75. The third kappa shape index (κ3) is 3.86. The van der Waals surface area contributed by atoms with Crippen molar-refractivity contribution >= 4 is 17.3 Å². The SMILES string of the molecule is Cc1ccc(NC(=O)c2ccnc(CF)c2)cc1-c1cnc2c(c1)N1CCOCC1C1(COC1)C2. The van der Waals surface area contributed by atoms with Gasteiger partial charge < -0.3 is 19.7 Å². The average Bonchev–Trinajstić information content (AvgIpc) is 2.88. The summed E-state index contributed by atoms with van der Waals surface area (Å²) in [5.74, 6) is -0.301. The lowest BCUT2D eigenvalue weighted by molar-refractivity contribution is -0.146. The third-order valence-corrected chi connectivity index (χ3v) is 7.41. The number of alkyl halides is 1. The van der Waals surface area contributed by atoms with E-state index < -0.39 is 6.67 Å². The minimum absolute atomic E-state index is 0.0943. The van der Waals surface area contributed by atoms with Crippen molar-refractivity contribution < 1.29 is 18.7 Å². The highest BCUT2D eigenvalue weighted by Gasteiger charge is 2.53. The van der Waals surface area contributed by atoms with Crippen molar-refractivity contribution in [2.45, 2.75) is 26.1 Å². The molecule has 0 saturated carbocycles. The molecule has 1 spiro atoms. The Morgan fingerprint density at radius 3 is 2.89 bits per heavy atom. The van der Waals surface area contributed by atoms with Gasteiger partial charge in [0.05, 0.1) is 49.5 Å². The first-order chi connectivity index (χ1) is 17.1. The van der Waals surface area contributed by atoms with E-state index in [0.29, 0.717) is 30.5 Å². The maximum absolute atomic E-state index is 13.0. The van der Waals surface area contributed by atoms with Crippen LogP contribution < -0.4 is 10.2 Å². The number of fused-ring (bicyclic) bond motifs is 4. The standard InChI is InChI=1S/C27H27FN4O3/c1-17-2-3-20(31-26(33)18-4-5-29-21(8-18)12-28)10-22(17)19-9-24-23(30-13-19)11-27(15-35-16-27)25-14-34-7-6-32(24)25/h2-5,8-10,13,25H,6-7,11-12,14-16H2,1H3,(H,31,33). The summed E-state index contributed by atoms with van der Waals surface area (Å²) in [6, 6.07) is 11.4. The van der Waals surface area contributed by atoms with Crippen molar-refractivity contribution in [1.29, 1.82) is 0 Å². The Hall–Kier alpha value is -3.36. The molecule has 5 heterocycles. The topological polar surface area (TPSA) is 76.6 Å². The summed E-state index contributed by atoms with van der Waals surface area (Å²) in [4.78, 5) is 24.0. The number of hydrogen-bond donors (Lipinski definition) is 1. The Morgan fingerprint density at radius 2 is 2.09 bits per heavy atom. The Kier molecular flexibility index (Phi) is 5.50. The van der Waals surface area contributed by atoms with E-state index in [1.165, 1.54) is 12.3 Å². The largest absolute Gasteiger partial charge is 0.380 e. The molecule has 6 rings (SSSR count). The van der Waals surface area contributed by atoms with Gasteiger partial charge in [-0.2, -0.15) is 0 Å². The van der Waals surface area contributed by atoms with Crippen LogP contribution >= 0.6 is 0 Å². The number of hydrogen-bond acceptors (Lipinski definition) is 6. The molecule has 1 aromatic carbocycles. The van der Waals surface area contributed by atoms with Crippen LogP contribution in [-0.4, -0.2) is 54.9 Å². The van der Waals surface area contributed by atoms with Gasteiger partial charge in [0.15, 0.2) is 0 Å². The molecular formula is C27H27FN4O3. The van der Waals surface area contributed by atoms with Crippen molar-refractivity contribution in [2.24, 2.45) is 5.41 Å². The van der Waals surface area contributed by atoms with Gasteiger partial charge in [0, 0.05) is 47.6 Å². The zero-order chi connectivity index (χ0) is 24.0. The van der Waals surface area contributed by atoms with E-state index in [1.807, 2.05) is 24.4 Å². The summed E-state index contributed by atoms with van der Waals surface area (Å²) in [7, 11) is 0. The van der Waals surface area contributed by atoms with Crippen molar-refractivity contribution in [3.63, 3.8) is 0 Å². The fraction of sp³-hybridized carbons (Fsp3) is 0.370. The maximum Gasteiger partial charge on any atom is 0.255 e. The highest BCUT2D eigenvalue weighted by molar-refractivity contribution is 6.04. The molecule has 2 aromatic heterocycles. The summed E-state index contributed by atoms with van der Waals surface area (Å²) in [5, 5.41) is 2.93. The molecule has 7 nitrogen and oxygen atoms in total. The second-order valence-electron chi connectivity index (χ2n) is 9.66. The summed E-state index contributed by atoms with van der Waals surface area (Å²) in [6.45, 7) is 5.11. The Balaban J connectivity index is 1.31. The predicted molar refractivity (Wildman–Crippen MR) is 130 cm³/mol. The zero-order valence-electron chi connectivity index (χ0n) is 19.6. The third-order valence-electron chi connectivity index (χ3n) is 7.41. The molecule has 1 amide bonds. The zero-order valence-corrected chi connectivity index (χ0v) is 19.6. The van der Waals surface area contributed by atoms with Crippen LogP contribution in [-0.2, 0) is 22.6 Å². The number of ether oxygens (including phenoxy) is 2. The van der Waals surface area contributed by atoms with Crippen LogP contribution in [0.25, 0.3) is 11.1 Å². The van der Waals surface area contributed by atoms with Crippen LogP contribution in [0, 0.1) is 12.3 Å². The minimum Gasteiger partial charge on any atom is -0.380 e. The van der Waals surface area contributed by atoms with Crippen LogP contribution in [0.2, 0.25) is 0 Å². The lowest BCUT2D eigenvalue weighted by atomic mass is 9.70. The number of aryl methyl sites for hydroxylation is 1. The average molecular weight is 475 g/mol. The van der Waals surface area contributed by atoms with Gasteiger partial charge in [0.25, 0.3) is 5.91 Å². The molecule has 1 unspecified atom stereocenters. The maximum atomic E-state index is 13.0. The molecule has 3 aliphatic heterocycles. The predicted octanol–water partition coefficient (Wildman–Crippen LogP) is 3.95. The van der Waals surface area contributed by atoms with Crippen molar-refractivity contribution in [2.75, 3.05) is 43.2 Å². The molecule has 0 bridgehead atoms. The van der Waals surface area contributed by atoms with E-state index in [2.05, 4.69) is 28.2 Å². The number of nitrogens with one attached hydrogen (secondary N) is 1. The molecule has 35 heavy (non-hydrogen) atoms. The number of carbonyl (C=O) groups excluding carboxylic acids is 1. The first-order valence-electron chi connectivity index (χ1n) is 11.9. The molecule has 8 heteroatoms. The molecule has 3 aromatic rings. The van der Waals surface area contributed by atoms with E-state index in [4.69, 9.17) is 14.5 Å². The van der Waals surface area contributed by atoms with Crippen molar-refractivity contribution in [1.82, 2.24) is 9.97 Å². The second-order valence-corrected chi connectivity index (χ2v) is 9.66. The number of halogens is 1. The Labute approximate surface area is 203 Å². The van der Waals surface area contributed by atoms with Crippen molar-refractivity contribution in [3.05, 3.63) is 71.3 Å². The molecular weight excluding hydrogens is 447 g/mol. The number of nitrogens with zero attached hydrogens (tertiary/aromatic N) is 3. The smallest absolute Gasteiger partial charge is 0.255 e. The lowest BCUT2D eigenvalue weighted by Gasteiger charge is -2.56. The first kappa shape index (κ1) is 22.1. The van der Waals surface area contributed by atoms with Crippen molar-refractivity contribution in [3.8, 4) is 11.1 Å². The highest BCUT2D eigenvalue weighted by Crippen LogP contribution is 2.47. The number of pyridine rings is 2. The second kappa shape index (κ2) is 8.70. The fourth-order valence-electron chi connectivity index (χ4n) is 5.43. The van der Waals surface area contributed by atoms with E-state index in [0.717, 1.165) is 54.3 Å². The molecule has 3 aliphatic rings. The van der Waals surface area contributed by atoms with Crippen LogP contribution in [0.1, 0.15) is 27.3 Å². The quantitative estimate of drug-likeness (QED) is 0.617. The highest BCUT2D eigenvalue weighted by atomic mass is 19.1. The Bertz CT molecular complexity index is 1290. The number of aromatic nitrogens is 2. The molecule has 2 saturated heterocycles. The number of morpholine rings is 1. The minimum atomic E-state index is -0.709. The monoisotopic (exact) mass is 474 g/mol. The van der Waals surface area contributed by atoms with E-state index in [-0.39, 0.29) is 17.0 Å². The van der Waals surface area contributed by atoms with Crippen LogP contribution in [0.5, 0.6) is 0 Å². The molecule has 0 radical (unpaired) electrons. The van der Waals surface area contributed by atoms with Crippen LogP contribution in [0.4, 0.5) is 15.8 Å². The van der Waals surface area contributed by atoms with Crippen LogP contribution in [0.15, 0.2) is 48.8 Å². The molecule has 2 fully saturated rings. The van der Waals surface area contributed by atoms with Gasteiger partial charge >= 0.3 is 0 Å². The summed E-state index contributed by atoms with van der Waals surface area (Å²) < 4.78 is 24.4.